The predicted molar refractivity (Wildman–Crippen MR) is 64.5 cm³/mol. The number of fused-ring (bicyclic) bond motifs is 1. The highest BCUT2D eigenvalue weighted by atomic mass is 35.5. The lowest BCUT2D eigenvalue weighted by Gasteiger charge is -2.08. The van der Waals surface area contributed by atoms with E-state index in [1.807, 2.05) is 0 Å². The average Bonchev–Trinajstić information content (AvgIpc) is 2.71. The van der Waals surface area contributed by atoms with Gasteiger partial charge in [-0.2, -0.15) is 0 Å². The Morgan fingerprint density at radius 1 is 1.17 bits per heavy atom. The van der Waals surface area contributed by atoms with Crippen LogP contribution in [-0.4, -0.2) is 11.5 Å². The van der Waals surface area contributed by atoms with Gasteiger partial charge in [-0.25, -0.2) is 13.8 Å². The standard InChI is InChI=1S/C12H10F2N2O.ClH/c13-8-3-7(4-9(14)5-8)12-16-10-6-15-2-1-11(10)17-12;/h3-5,15H,1-2,6H2;1H. The minimum atomic E-state index is -0.630. The Labute approximate surface area is 109 Å². The first-order chi connectivity index (χ1) is 8.22. The molecule has 0 amide bonds. The zero-order valence-corrected chi connectivity index (χ0v) is 10.2. The van der Waals surface area contributed by atoms with Crippen LogP contribution in [-0.2, 0) is 13.0 Å². The summed E-state index contributed by atoms with van der Waals surface area (Å²) in [6.45, 7) is 1.47. The van der Waals surface area contributed by atoms with Crippen LogP contribution in [0.25, 0.3) is 11.5 Å². The molecule has 0 bridgehead atoms. The Hall–Kier alpha value is -1.46. The van der Waals surface area contributed by atoms with Crippen molar-refractivity contribution in [3.8, 4) is 11.5 Å². The summed E-state index contributed by atoms with van der Waals surface area (Å²) in [7, 11) is 0. The normalized spacial score (nSPS) is 13.9. The summed E-state index contributed by atoms with van der Waals surface area (Å²) in [5.74, 6) is -0.191. The van der Waals surface area contributed by atoms with Gasteiger partial charge in [0.05, 0.1) is 5.69 Å². The minimum Gasteiger partial charge on any atom is -0.441 e. The van der Waals surface area contributed by atoms with Crippen molar-refractivity contribution >= 4 is 12.4 Å². The molecule has 96 valence electrons. The third kappa shape index (κ3) is 2.37. The molecule has 1 aromatic heterocycles. The Balaban J connectivity index is 0.00000120. The number of rotatable bonds is 1. The second kappa shape index (κ2) is 5.04. The van der Waals surface area contributed by atoms with Gasteiger partial charge in [0, 0.05) is 31.1 Å². The van der Waals surface area contributed by atoms with Gasteiger partial charge in [-0.15, -0.1) is 12.4 Å². The van der Waals surface area contributed by atoms with Crippen LogP contribution in [0.4, 0.5) is 8.78 Å². The van der Waals surface area contributed by atoms with Gasteiger partial charge in [0.25, 0.3) is 0 Å². The molecule has 0 unspecified atom stereocenters. The molecule has 2 heterocycles. The van der Waals surface area contributed by atoms with Crippen molar-refractivity contribution in [2.45, 2.75) is 13.0 Å². The predicted octanol–water partition coefficient (Wildman–Crippen LogP) is 2.69. The number of oxazole rings is 1. The Bertz CT molecular complexity index is 527. The molecule has 6 heteroatoms. The van der Waals surface area contributed by atoms with Crippen molar-refractivity contribution in [2.24, 2.45) is 0 Å². The molecule has 0 aliphatic carbocycles. The highest BCUT2D eigenvalue weighted by molar-refractivity contribution is 5.85. The fraction of sp³-hybridized carbons (Fsp3) is 0.250. The smallest absolute Gasteiger partial charge is 0.226 e. The van der Waals surface area contributed by atoms with Gasteiger partial charge in [-0.3, -0.25) is 0 Å². The molecule has 1 aromatic carbocycles. The van der Waals surface area contributed by atoms with E-state index in [2.05, 4.69) is 10.3 Å². The highest BCUT2D eigenvalue weighted by Gasteiger charge is 2.18. The van der Waals surface area contributed by atoms with E-state index in [0.717, 1.165) is 30.5 Å². The number of aromatic nitrogens is 1. The summed E-state index contributed by atoms with van der Waals surface area (Å²) >= 11 is 0. The summed E-state index contributed by atoms with van der Waals surface area (Å²) < 4.78 is 31.7. The molecule has 0 spiro atoms. The Kier molecular flexibility index (Phi) is 3.63. The largest absolute Gasteiger partial charge is 0.441 e. The van der Waals surface area contributed by atoms with Crippen LogP contribution in [0.5, 0.6) is 0 Å². The highest BCUT2D eigenvalue weighted by Crippen LogP contribution is 2.25. The number of benzene rings is 1. The van der Waals surface area contributed by atoms with E-state index in [1.165, 1.54) is 12.1 Å². The molecule has 3 rings (SSSR count). The van der Waals surface area contributed by atoms with Crippen LogP contribution in [0, 0.1) is 11.6 Å². The summed E-state index contributed by atoms with van der Waals surface area (Å²) in [5.41, 5.74) is 1.15. The van der Waals surface area contributed by atoms with Crippen molar-refractivity contribution < 1.29 is 13.2 Å². The molecule has 0 saturated heterocycles. The van der Waals surface area contributed by atoms with Crippen molar-refractivity contribution in [2.75, 3.05) is 6.54 Å². The maximum atomic E-state index is 13.1. The second-order valence-corrected chi connectivity index (χ2v) is 3.97. The quantitative estimate of drug-likeness (QED) is 0.867. The molecule has 2 aromatic rings. The topological polar surface area (TPSA) is 38.1 Å². The first kappa shape index (κ1) is 13.0. The molecule has 1 aliphatic heterocycles. The zero-order chi connectivity index (χ0) is 11.8. The fourth-order valence-corrected chi connectivity index (χ4v) is 1.93. The molecule has 18 heavy (non-hydrogen) atoms. The van der Waals surface area contributed by atoms with Crippen molar-refractivity contribution in [3.05, 3.63) is 41.3 Å². The molecule has 0 atom stereocenters. The van der Waals surface area contributed by atoms with Crippen LogP contribution < -0.4 is 5.32 Å². The van der Waals surface area contributed by atoms with E-state index in [0.29, 0.717) is 12.1 Å². The molecule has 0 radical (unpaired) electrons. The fourth-order valence-electron chi connectivity index (χ4n) is 1.93. The molecule has 1 N–H and O–H groups in total. The van der Waals surface area contributed by atoms with Crippen molar-refractivity contribution in [1.29, 1.82) is 0 Å². The van der Waals surface area contributed by atoms with Gasteiger partial charge in [0.1, 0.15) is 17.4 Å². The Morgan fingerprint density at radius 3 is 2.56 bits per heavy atom. The second-order valence-electron chi connectivity index (χ2n) is 3.97. The molecule has 0 saturated carbocycles. The van der Waals surface area contributed by atoms with Crippen LogP contribution in [0.15, 0.2) is 22.6 Å². The molecule has 1 aliphatic rings. The van der Waals surface area contributed by atoms with Crippen molar-refractivity contribution in [1.82, 2.24) is 10.3 Å². The number of hydrogen-bond acceptors (Lipinski definition) is 3. The number of hydrogen-bond donors (Lipinski definition) is 1. The number of halogens is 3. The monoisotopic (exact) mass is 272 g/mol. The SMILES string of the molecule is Cl.Fc1cc(F)cc(-c2nc3c(o2)CCNC3)c1. The third-order valence-electron chi connectivity index (χ3n) is 2.71. The first-order valence-electron chi connectivity index (χ1n) is 5.38. The van der Waals surface area contributed by atoms with Gasteiger partial charge in [0.2, 0.25) is 5.89 Å². The average molecular weight is 273 g/mol. The van der Waals surface area contributed by atoms with E-state index >= 15 is 0 Å². The molecular weight excluding hydrogens is 262 g/mol. The van der Waals surface area contributed by atoms with E-state index < -0.39 is 11.6 Å². The summed E-state index contributed by atoms with van der Waals surface area (Å²) in [5, 5.41) is 3.16. The Morgan fingerprint density at radius 2 is 1.89 bits per heavy atom. The number of nitrogens with one attached hydrogen (secondary N) is 1. The summed E-state index contributed by atoms with van der Waals surface area (Å²) in [6.07, 6.45) is 0.750. The van der Waals surface area contributed by atoms with Gasteiger partial charge in [0.15, 0.2) is 0 Å². The van der Waals surface area contributed by atoms with Crippen molar-refractivity contribution in [3.63, 3.8) is 0 Å². The lowest BCUT2D eigenvalue weighted by atomic mass is 10.2. The maximum Gasteiger partial charge on any atom is 0.226 e. The summed E-state index contributed by atoms with van der Waals surface area (Å²) in [4.78, 5) is 4.24. The molecule has 3 nitrogen and oxygen atoms in total. The van der Waals surface area contributed by atoms with Gasteiger partial charge in [-0.1, -0.05) is 0 Å². The maximum absolute atomic E-state index is 13.1. The lowest BCUT2D eigenvalue weighted by molar-refractivity contribution is 0.482. The van der Waals surface area contributed by atoms with E-state index in [-0.39, 0.29) is 18.3 Å². The minimum absolute atomic E-state index is 0. The van der Waals surface area contributed by atoms with E-state index in [9.17, 15) is 8.78 Å². The third-order valence-corrected chi connectivity index (χ3v) is 2.71. The summed E-state index contributed by atoms with van der Waals surface area (Å²) in [6, 6.07) is 3.26. The molecule has 0 fully saturated rings. The van der Waals surface area contributed by atoms with Gasteiger partial charge >= 0.3 is 0 Å². The van der Waals surface area contributed by atoms with Gasteiger partial charge in [-0.05, 0) is 12.1 Å². The van der Waals surface area contributed by atoms with E-state index in [1.54, 1.807) is 0 Å². The van der Waals surface area contributed by atoms with Crippen LogP contribution >= 0.6 is 12.4 Å². The van der Waals surface area contributed by atoms with Crippen LogP contribution in [0.3, 0.4) is 0 Å². The van der Waals surface area contributed by atoms with Gasteiger partial charge < -0.3 is 9.73 Å². The number of nitrogens with zero attached hydrogens (tertiary/aromatic N) is 1. The van der Waals surface area contributed by atoms with E-state index in [4.69, 9.17) is 4.42 Å². The lowest BCUT2D eigenvalue weighted by Crippen LogP contribution is -2.22. The molecular formula is C12H11ClF2N2O. The van der Waals surface area contributed by atoms with Crippen LogP contribution in [0.1, 0.15) is 11.5 Å². The van der Waals surface area contributed by atoms with Crippen LogP contribution in [0.2, 0.25) is 0 Å². The first-order valence-corrected chi connectivity index (χ1v) is 5.38. The zero-order valence-electron chi connectivity index (χ0n) is 9.37.